The fourth-order valence-electron chi connectivity index (χ4n) is 4.13. The van der Waals surface area contributed by atoms with Crippen LogP contribution in [0.3, 0.4) is 0 Å². The van der Waals surface area contributed by atoms with Crippen molar-refractivity contribution in [3.05, 3.63) is 78.1 Å². The number of aryl methyl sites for hydroxylation is 1. The fourth-order valence-corrected chi connectivity index (χ4v) is 4.13. The van der Waals surface area contributed by atoms with Crippen LogP contribution < -0.4 is 5.32 Å². The zero-order valence-electron chi connectivity index (χ0n) is 16.1. The second-order valence-electron chi connectivity index (χ2n) is 7.54. The van der Waals surface area contributed by atoms with Crippen molar-refractivity contribution in [3.63, 3.8) is 0 Å². The molecule has 0 unspecified atom stereocenters. The van der Waals surface area contributed by atoms with Gasteiger partial charge in [0.05, 0.1) is 0 Å². The molecule has 0 bridgehead atoms. The summed E-state index contributed by atoms with van der Waals surface area (Å²) in [7, 11) is 0. The van der Waals surface area contributed by atoms with Crippen molar-refractivity contribution in [3.8, 4) is 11.4 Å². The van der Waals surface area contributed by atoms with Crippen molar-refractivity contribution < 1.29 is 0 Å². The van der Waals surface area contributed by atoms with Crippen LogP contribution in [0.5, 0.6) is 0 Å². The smallest absolute Gasteiger partial charge is 0.137 e. The summed E-state index contributed by atoms with van der Waals surface area (Å²) in [6, 6.07) is 21.3. The molecule has 150 valence electrons. The van der Waals surface area contributed by atoms with Gasteiger partial charge in [-0.25, -0.2) is 4.98 Å². The molecule has 1 saturated heterocycles. The molecular weight excluding hydrogens is 389 g/mol. The third-order valence-corrected chi connectivity index (χ3v) is 5.69. The number of imidazole rings is 1. The molecule has 1 aromatic heterocycles. The minimum absolute atomic E-state index is 0. The molecule has 0 saturated carbocycles. The van der Waals surface area contributed by atoms with Gasteiger partial charge < -0.3 is 10.3 Å². The Bertz CT molecular complexity index is 812. The Hall–Kier alpha value is -1.81. The van der Waals surface area contributed by atoms with E-state index >= 15 is 0 Å². The van der Waals surface area contributed by atoms with Crippen LogP contribution in [-0.2, 0) is 12.8 Å². The van der Waals surface area contributed by atoms with Crippen LogP contribution >= 0.6 is 24.8 Å². The summed E-state index contributed by atoms with van der Waals surface area (Å²) >= 11 is 0. The van der Waals surface area contributed by atoms with Crippen molar-refractivity contribution in [2.45, 2.75) is 32.1 Å². The van der Waals surface area contributed by atoms with E-state index in [9.17, 15) is 0 Å². The van der Waals surface area contributed by atoms with Crippen molar-refractivity contribution in [1.29, 1.82) is 0 Å². The first-order valence-electron chi connectivity index (χ1n) is 9.67. The minimum Gasteiger partial charge on any atom is -0.342 e. The molecule has 2 aromatic carbocycles. The molecule has 0 atom stereocenters. The maximum absolute atomic E-state index is 4.59. The number of hydrogen-bond acceptors (Lipinski definition) is 2. The number of piperidine rings is 1. The van der Waals surface area contributed by atoms with Crippen LogP contribution in [0.25, 0.3) is 11.4 Å². The van der Waals surface area contributed by atoms with Gasteiger partial charge in [-0.1, -0.05) is 60.7 Å². The molecule has 2 N–H and O–H groups in total. The molecule has 28 heavy (non-hydrogen) atoms. The SMILES string of the molecule is Cl.Cl.c1ccc(CC2(CCc3cnc(-c4ccccc4)[nH]3)CCNCC2)cc1. The quantitative estimate of drug-likeness (QED) is 0.558. The van der Waals surface area contributed by atoms with E-state index in [1.54, 1.807) is 0 Å². The first kappa shape index (κ1) is 22.5. The van der Waals surface area contributed by atoms with Gasteiger partial charge in [0, 0.05) is 17.5 Å². The molecule has 1 aliphatic heterocycles. The summed E-state index contributed by atoms with van der Waals surface area (Å²) in [6.07, 6.45) is 7.96. The normalized spacial score (nSPS) is 15.3. The lowest BCUT2D eigenvalue weighted by Gasteiger charge is -2.38. The Labute approximate surface area is 180 Å². The molecule has 1 aliphatic rings. The van der Waals surface area contributed by atoms with Gasteiger partial charge in [0.1, 0.15) is 5.82 Å². The average molecular weight is 418 g/mol. The number of nitrogens with one attached hydrogen (secondary N) is 2. The Balaban J connectivity index is 0.00000140. The third kappa shape index (κ3) is 5.60. The summed E-state index contributed by atoms with van der Waals surface area (Å²) in [5, 5.41) is 3.53. The Morgan fingerprint density at radius 1 is 0.857 bits per heavy atom. The van der Waals surface area contributed by atoms with Gasteiger partial charge in [-0.15, -0.1) is 24.8 Å². The monoisotopic (exact) mass is 417 g/mol. The second-order valence-corrected chi connectivity index (χ2v) is 7.54. The van der Waals surface area contributed by atoms with Crippen molar-refractivity contribution in [2.75, 3.05) is 13.1 Å². The minimum atomic E-state index is 0. The van der Waals surface area contributed by atoms with Crippen LogP contribution in [0.2, 0.25) is 0 Å². The number of H-pyrrole nitrogens is 1. The fraction of sp³-hybridized carbons (Fsp3) is 0.348. The number of rotatable bonds is 6. The topological polar surface area (TPSA) is 40.7 Å². The average Bonchev–Trinajstić information content (AvgIpc) is 3.18. The van der Waals surface area contributed by atoms with E-state index in [1.807, 2.05) is 12.3 Å². The molecule has 3 aromatic rings. The van der Waals surface area contributed by atoms with Gasteiger partial charge in [-0.3, -0.25) is 0 Å². The number of benzene rings is 2. The zero-order chi connectivity index (χ0) is 17.7. The first-order valence-corrected chi connectivity index (χ1v) is 9.67. The lowest BCUT2D eigenvalue weighted by atomic mass is 9.71. The summed E-state index contributed by atoms with van der Waals surface area (Å²) in [6.45, 7) is 2.26. The summed E-state index contributed by atoms with van der Waals surface area (Å²) < 4.78 is 0. The van der Waals surface area contributed by atoms with Crippen LogP contribution in [0.15, 0.2) is 66.9 Å². The lowest BCUT2D eigenvalue weighted by molar-refractivity contribution is 0.183. The molecule has 0 aliphatic carbocycles. The van der Waals surface area contributed by atoms with E-state index in [0.29, 0.717) is 5.41 Å². The van der Waals surface area contributed by atoms with Gasteiger partial charge in [0.15, 0.2) is 0 Å². The third-order valence-electron chi connectivity index (χ3n) is 5.69. The highest BCUT2D eigenvalue weighted by Crippen LogP contribution is 2.37. The van der Waals surface area contributed by atoms with E-state index in [0.717, 1.165) is 30.9 Å². The highest BCUT2D eigenvalue weighted by Gasteiger charge is 2.32. The molecule has 5 heteroatoms. The first-order chi connectivity index (χ1) is 12.8. The molecule has 0 spiro atoms. The summed E-state index contributed by atoms with van der Waals surface area (Å²) in [5.41, 5.74) is 4.25. The molecular formula is C23H29Cl2N3. The van der Waals surface area contributed by atoms with Gasteiger partial charge in [-0.05, 0) is 56.2 Å². The predicted molar refractivity (Wildman–Crippen MR) is 122 cm³/mol. The number of aromatic nitrogens is 2. The second kappa shape index (κ2) is 10.7. The summed E-state index contributed by atoms with van der Waals surface area (Å²) in [5.74, 6) is 0.975. The molecule has 2 heterocycles. The molecule has 4 rings (SSSR count). The van der Waals surface area contributed by atoms with Gasteiger partial charge >= 0.3 is 0 Å². The highest BCUT2D eigenvalue weighted by atomic mass is 35.5. The van der Waals surface area contributed by atoms with Gasteiger partial charge in [0.25, 0.3) is 0 Å². The van der Waals surface area contributed by atoms with Gasteiger partial charge in [-0.2, -0.15) is 0 Å². The van der Waals surface area contributed by atoms with Crippen molar-refractivity contribution in [1.82, 2.24) is 15.3 Å². The summed E-state index contributed by atoms with van der Waals surface area (Å²) in [4.78, 5) is 8.11. The Kier molecular flexibility index (Phi) is 8.56. The number of nitrogens with zero attached hydrogens (tertiary/aromatic N) is 1. The number of hydrogen-bond donors (Lipinski definition) is 2. The van der Waals surface area contributed by atoms with Crippen molar-refractivity contribution in [2.24, 2.45) is 5.41 Å². The maximum atomic E-state index is 4.59. The number of halogens is 2. The Morgan fingerprint density at radius 2 is 1.50 bits per heavy atom. The zero-order valence-corrected chi connectivity index (χ0v) is 17.7. The molecule has 1 fully saturated rings. The predicted octanol–water partition coefficient (Wildman–Crippen LogP) is 5.47. The highest BCUT2D eigenvalue weighted by molar-refractivity contribution is 5.85. The van der Waals surface area contributed by atoms with Crippen molar-refractivity contribution >= 4 is 24.8 Å². The van der Waals surface area contributed by atoms with E-state index in [4.69, 9.17) is 0 Å². The number of aromatic amines is 1. The van der Waals surface area contributed by atoms with Crippen LogP contribution in [0.1, 0.15) is 30.5 Å². The van der Waals surface area contributed by atoms with Crippen LogP contribution in [0.4, 0.5) is 0 Å². The van der Waals surface area contributed by atoms with E-state index < -0.39 is 0 Å². The molecule has 0 amide bonds. The van der Waals surface area contributed by atoms with E-state index in [-0.39, 0.29) is 24.8 Å². The molecule has 0 radical (unpaired) electrons. The maximum Gasteiger partial charge on any atom is 0.137 e. The lowest BCUT2D eigenvalue weighted by Crippen LogP contribution is -2.38. The standard InChI is InChI=1S/C23H27N3.2ClH/c1-3-7-19(8-4-1)17-23(13-15-24-16-14-23)12-11-21-18-25-22(26-21)20-9-5-2-6-10-20;;/h1-10,18,24H,11-17H2,(H,25,26);2*1H. The largest absolute Gasteiger partial charge is 0.342 e. The van der Waals surface area contributed by atoms with E-state index in [1.165, 1.54) is 36.9 Å². The molecule has 3 nitrogen and oxygen atoms in total. The van der Waals surface area contributed by atoms with Crippen LogP contribution in [-0.4, -0.2) is 23.1 Å². The Morgan fingerprint density at radius 3 is 2.18 bits per heavy atom. The van der Waals surface area contributed by atoms with Crippen LogP contribution in [0, 0.1) is 5.41 Å². The van der Waals surface area contributed by atoms with E-state index in [2.05, 4.69) is 69.9 Å². The van der Waals surface area contributed by atoms with Gasteiger partial charge in [0.2, 0.25) is 0 Å².